The van der Waals surface area contributed by atoms with E-state index in [1.54, 1.807) is 24.0 Å². The molecular weight excluding hydrogens is 286 g/mol. The van der Waals surface area contributed by atoms with Gasteiger partial charge in [0, 0.05) is 10.9 Å². The predicted molar refractivity (Wildman–Crippen MR) is 80.8 cm³/mol. The molecule has 2 aromatic heterocycles. The molecule has 1 amide bonds. The number of nitrogens with one attached hydrogen (secondary N) is 1. The highest BCUT2D eigenvalue weighted by molar-refractivity contribution is 7.09. The molecule has 6 nitrogen and oxygen atoms in total. The normalized spacial score (nSPS) is 19.0. The average molecular weight is 305 g/mol. The van der Waals surface area contributed by atoms with Crippen LogP contribution in [0.5, 0.6) is 0 Å². The van der Waals surface area contributed by atoms with Crippen LogP contribution in [0, 0.1) is 0 Å². The van der Waals surface area contributed by atoms with E-state index in [0.29, 0.717) is 19.1 Å². The van der Waals surface area contributed by atoms with Crippen molar-refractivity contribution >= 4 is 17.2 Å². The van der Waals surface area contributed by atoms with Crippen molar-refractivity contribution in [1.29, 1.82) is 0 Å². The molecule has 0 unspecified atom stereocenters. The van der Waals surface area contributed by atoms with Gasteiger partial charge in [-0.05, 0) is 30.8 Å². The summed E-state index contributed by atoms with van der Waals surface area (Å²) in [5.74, 6) is 0.0916. The summed E-state index contributed by atoms with van der Waals surface area (Å²) in [7, 11) is 0. The molecule has 0 radical (unpaired) electrons. The van der Waals surface area contributed by atoms with Gasteiger partial charge in [0.2, 0.25) is 5.91 Å². The number of rotatable bonds is 6. The van der Waals surface area contributed by atoms with E-state index in [0.717, 1.165) is 25.9 Å². The van der Waals surface area contributed by atoms with Crippen molar-refractivity contribution in [3.63, 3.8) is 0 Å². The second kappa shape index (κ2) is 6.82. The maximum absolute atomic E-state index is 12.1. The van der Waals surface area contributed by atoms with Crippen molar-refractivity contribution in [2.75, 3.05) is 13.1 Å². The molecule has 0 aromatic carbocycles. The third-order valence-electron chi connectivity index (χ3n) is 3.75. The molecule has 0 saturated carbocycles. The Morgan fingerprint density at radius 2 is 2.48 bits per heavy atom. The summed E-state index contributed by atoms with van der Waals surface area (Å²) in [5, 5.41) is 9.15. The molecule has 1 saturated heterocycles. The minimum Gasteiger partial charge on any atom is -0.350 e. The molecule has 1 N–H and O–H groups in total. The van der Waals surface area contributed by atoms with Crippen molar-refractivity contribution in [3.05, 3.63) is 35.0 Å². The van der Waals surface area contributed by atoms with Crippen LogP contribution in [0.1, 0.15) is 17.7 Å². The zero-order valence-electron chi connectivity index (χ0n) is 11.8. The second-order valence-corrected chi connectivity index (χ2v) is 6.27. The minimum atomic E-state index is 0.0916. The predicted octanol–water partition coefficient (Wildman–Crippen LogP) is 1.12. The number of carbonyl (C=O) groups excluding carboxylic acids is 1. The molecule has 7 heteroatoms. The number of likely N-dealkylation sites (tertiary alicyclic amines) is 1. The van der Waals surface area contributed by atoms with Crippen LogP contribution in [0.2, 0.25) is 0 Å². The Bertz CT molecular complexity index is 554. The Labute approximate surface area is 127 Å². The van der Waals surface area contributed by atoms with E-state index >= 15 is 0 Å². The molecule has 0 aliphatic carbocycles. The quantitative estimate of drug-likeness (QED) is 0.869. The van der Waals surface area contributed by atoms with Crippen molar-refractivity contribution in [2.45, 2.75) is 32.0 Å². The lowest BCUT2D eigenvalue weighted by atomic mass is 10.2. The maximum Gasteiger partial charge on any atom is 0.234 e. The van der Waals surface area contributed by atoms with Crippen molar-refractivity contribution in [2.24, 2.45) is 0 Å². The zero-order valence-corrected chi connectivity index (χ0v) is 12.6. The van der Waals surface area contributed by atoms with Gasteiger partial charge in [0.05, 0.1) is 19.6 Å². The van der Waals surface area contributed by atoms with E-state index in [1.165, 1.54) is 4.88 Å². The molecule has 1 aliphatic heterocycles. The molecule has 3 rings (SSSR count). The summed E-state index contributed by atoms with van der Waals surface area (Å²) in [6.45, 7) is 2.87. The topological polar surface area (TPSA) is 63.1 Å². The van der Waals surface area contributed by atoms with E-state index < -0.39 is 0 Å². The molecule has 1 atom stereocenters. The maximum atomic E-state index is 12.1. The molecule has 112 valence electrons. The second-order valence-electron chi connectivity index (χ2n) is 5.24. The Hall–Kier alpha value is -1.73. The lowest BCUT2D eigenvalue weighted by Crippen LogP contribution is -2.41. The third-order valence-corrected chi connectivity index (χ3v) is 4.63. The summed E-state index contributed by atoms with van der Waals surface area (Å²) < 4.78 is 1.84. The van der Waals surface area contributed by atoms with E-state index in [-0.39, 0.29) is 5.91 Å². The molecule has 1 aliphatic rings. The first-order valence-electron chi connectivity index (χ1n) is 7.17. The van der Waals surface area contributed by atoms with Gasteiger partial charge >= 0.3 is 0 Å². The van der Waals surface area contributed by atoms with Crippen LogP contribution in [0.15, 0.2) is 30.2 Å². The molecule has 3 heterocycles. The number of carbonyl (C=O) groups is 1. The van der Waals surface area contributed by atoms with Crippen LogP contribution in [0.4, 0.5) is 0 Å². The highest BCUT2D eigenvalue weighted by Crippen LogP contribution is 2.18. The molecule has 0 bridgehead atoms. The summed E-state index contributed by atoms with van der Waals surface area (Å²) in [4.78, 5) is 19.4. The van der Waals surface area contributed by atoms with Crippen LogP contribution < -0.4 is 5.32 Å². The van der Waals surface area contributed by atoms with E-state index in [1.807, 2.05) is 22.2 Å². The Kier molecular flexibility index (Phi) is 4.62. The fourth-order valence-corrected chi connectivity index (χ4v) is 3.34. The third kappa shape index (κ3) is 3.89. The molecule has 2 aromatic rings. The fraction of sp³-hybridized carbons (Fsp3) is 0.500. The summed E-state index contributed by atoms with van der Waals surface area (Å²) in [6.07, 6.45) is 5.52. The number of aromatic nitrogens is 3. The molecular formula is C14H19N5OS. The first-order valence-corrected chi connectivity index (χ1v) is 8.05. The first-order chi connectivity index (χ1) is 10.3. The molecule has 0 spiro atoms. The highest BCUT2D eigenvalue weighted by atomic mass is 32.1. The summed E-state index contributed by atoms with van der Waals surface area (Å²) in [6, 6.07) is 4.41. The first kappa shape index (κ1) is 14.2. The summed E-state index contributed by atoms with van der Waals surface area (Å²) >= 11 is 1.66. The van der Waals surface area contributed by atoms with Gasteiger partial charge in [0.15, 0.2) is 0 Å². The minimum absolute atomic E-state index is 0.0916. The van der Waals surface area contributed by atoms with Crippen LogP contribution in [0.25, 0.3) is 0 Å². The van der Waals surface area contributed by atoms with Crippen LogP contribution in [-0.2, 0) is 17.9 Å². The standard InChI is InChI=1S/C14H19N5OS/c20-14(16-7-13-4-2-6-21-13)9-18-5-1-3-12(18)8-19-11-15-10-17-19/h2,4,6,10-12H,1,3,5,7-9H2,(H,16,20)/t12-/m0/s1. The van der Waals surface area contributed by atoms with Gasteiger partial charge in [-0.1, -0.05) is 6.07 Å². The van der Waals surface area contributed by atoms with Gasteiger partial charge in [0.1, 0.15) is 12.7 Å². The van der Waals surface area contributed by atoms with Gasteiger partial charge < -0.3 is 5.32 Å². The Morgan fingerprint density at radius 3 is 3.24 bits per heavy atom. The number of hydrogen-bond acceptors (Lipinski definition) is 5. The smallest absolute Gasteiger partial charge is 0.234 e. The fourth-order valence-electron chi connectivity index (χ4n) is 2.69. The Morgan fingerprint density at radius 1 is 1.52 bits per heavy atom. The van der Waals surface area contributed by atoms with Crippen molar-refractivity contribution < 1.29 is 4.79 Å². The van der Waals surface area contributed by atoms with Crippen LogP contribution in [-0.4, -0.2) is 44.7 Å². The van der Waals surface area contributed by atoms with E-state index in [2.05, 4.69) is 20.3 Å². The largest absolute Gasteiger partial charge is 0.350 e. The van der Waals surface area contributed by atoms with E-state index in [9.17, 15) is 4.79 Å². The lowest BCUT2D eigenvalue weighted by Gasteiger charge is -2.23. The van der Waals surface area contributed by atoms with Crippen molar-refractivity contribution in [3.8, 4) is 0 Å². The van der Waals surface area contributed by atoms with Gasteiger partial charge in [-0.25, -0.2) is 4.98 Å². The van der Waals surface area contributed by atoms with Crippen molar-refractivity contribution in [1.82, 2.24) is 25.0 Å². The van der Waals surface area contributed by atoms with E-state index in [4.69, 9.17) is 0 Å². The highest BCUT2D eigenvalue weighted by Gasteiger charge is 2.26. The monoisotopic (exact) mass is 305 g/mol. The zero-order chi connectivity index (χ0) is 14.5. The SMILES string of the molecule is O=C(CN1CCC[C@H]1Cn1cncn1)NCc1cccs1. The van der Waals surface area contributed by atoms with Crippen LogP contribution >= 0.6 is 11.3 Å². The number of amides is 1. The molecule has 21 heavy (non-hydrogen) atoms. The van der Waals surface area contributed by atoms with Gasteiger partial charge in [0.25, 0.3) is 0 Å². The number of hydrogen-bond donors (Lipinski definition) is 1. The van der Waals surface area contributed by atoms with Crippen LogP contribution in [0.3, 0.4) is 0 Å². The van der Waals surface area contributed by atoms with Gasteiger partial charge in [-0.3, -0.25) is 14.4 Å². The average Bonchev–Trinajstić information content (AvgIpc) is 3.20. The molecule has 1 fully saturated rings. The lowest BCUT2D eigenvalue weighted by molar-refractivity contribution is -0.122. The van der Waals surface area contributed by atoms with Gasteiger partial charge in [-0.2, -0.15) is 5.10 Å². The number of nitrogens with zero attached hydrogens (tertiary/aromatic N) is 4. The number of thiophene rings is 1. The van der Waals surface area contributed by atoms with Gasteiger partial charge in [-0.15, -0.1) is 11.3 Å². The summed E-state index contributed by atoms with van der Waals surface area (Å²) in [5.41, 5.74) is 0. The Balaban J connectivity index is 1.47.